The number of nitrogens with zero attached hydrogens (tertiary/aromatic N) is 1. The van der Waals surface area contributed by atoms with Crippen molar-refractivity contribution in [3.63, 3.8) is 0 Å². The minimum Gasteiger partial charge on any atom is -0.497 e. The molecule has 3 aromatic rings. The molecule has 2 aliphatic heterocycles. The van der Waals surface area contributed by atoms with Gasteiger partial charge < -0.3 is 19.9 Å². The van der Waals surface area contributed by atoms with E-state index in [0.29, 0.717) is 18.7 Å². The lowest BCUT2D eigenvalue weighted by molar-refractivity contribution is 0.210. The number of methoxy groups -OCH3 is 2. The Labute approximate surface area is 200 Å². The van der Waals surface area contributed by atoms with Crippen LogP contribution in [0.3, 0.4) is 0 Å². The largest absolute Gasteiger partial charge is 0.497 e. The zero-order valence-corrected chi connectivity index (χ0v) is 20.0. The predicted molar refractivity (Wildman–Crippen MR) is 131 cm³/mol. The Balaban J connectivity index is 1.60. The Morgan fingerprint density at radius 1 is 0.971 bits per heavy atom. The molecule has 0 aliphatic carbocycles. The minimum absolute atomic E-state index is 0.0431. The maximum absolute atomic E-state index is 13.8. The van der Waals surface area contributed by atoms with Crippen LogP contribution < -0.4 is 14.8 Å². The van der Waals surface area contributed by atoms with Crippen LogP contribution in [0.5, 0.6) is 11.5 Å². The van der Waals surface area contributed by atoms with Crippen molar-refractivity contribution in [1.29, 1.82) is 0 Å². The first kappa shape index (κ1) is 22.7. The Hall–Kier alpha value is -3.07. The minimum atomic E-state index is -3.78. The van der Waals surface area contributed by atoms with Gasteiger partial charge in [-0.15, -0.1) is 0 Å². The summed E-state index contributed by atoms with van der Waals surface area (Å²) in [6.45, 7) is 0.321. The summed E-state index contributed by atoms with van der Waals surface area (Å²) in [5, 5.41) is 13.5. The van der Waals surface area contributed by atoms with Crippen molar-refractivity contribution >= 4 is 15.7 Å². The van der Waals surface area contributed by atoms with Gasteiger partial charge in [0.05, 0.1) is 37.8 Å². The van der Waals surface area contributed by atoms with Crippen molar-refractivity contribution in [2.75, 3.05) is 32.7 Å². The molecule has 0 spiro atoms. The topological polar surface area (TPSA) is 88.1 Å². The van der Waals surface area contributed by atoms with Gasteiger partial charge in [0.2, 0.25) is 10.0 Å². The molecule has 0 amide bonds. The SMILES string of the molecule is COc1cccc(-c2ccc3c(c2)[C@H]2[C@H](CCN2S(=O)(=O)c2cccc(OC)c2)[C@H](CO)N3)c1. The fraction of sp³-hybridized carbons (Fsp3) is 0.308. The quantitative estimate of drug-likeness (QED) is 0.556. The highest BCUT2D eigenvalue weighted by Crippen LogP contribution is 2.49. The summed E-state index contributed by atoms with van der Waals surface area (Å²) in [4.78, 5) is 0.206. The van der Waals surface area contributed by atoms with Crippen LogP contribution >= 0.6 is 0 Å². The van der Waals surface area contributed by atoms with Crippen molar-refractivity contribution in [3.8, 4) is 22.6 Å². The number of hydrogen-bond acceptors (Lipinski definition) is 6. The van der Waals surface area contributed by atoms with Crippen molar-refractivity contribution in [2.45, 2.75) is 23.4 Å². The maximum Gasteiger partial charge on any atom is 0.243 e. The second-order valence-electron chi connectivity index (χ2n) is 8.66. The number of benzene rings is 3. The summed E-state index contributed by atoms with van der Waals surface area (Å²) in [5.41, 5.74) is 3.73. The summed E-state index contributed by atoms with van der Waals surface area (Å²) in [6, 6.07) is 19.8. The monoisotopic (exact) mass is 480 g/mol. The van der Waals surface area contributed by atoms with Crippen LogP contribution in [0, 0.1) is 5.92 Å². The predicted octanol–water partition coefficient (Wildman–Crippen LogP) is 3.91. The molecule has 1 saturated heterocycles. The zero-order valence-electron chi connectivity index (χ0n) is 19.1. The number of hydrogen-bond donors (Lipinski definition) is 2. The molecule has 0 bridgehead atoms. The highest BCUT2D eigenvalue weighted by molar-refractivity contribution is 7.89. The number of aliphatic hydroxyl groups excluding tert-OH is 1. The van der Waals surface area contributed by atoms with E-state index in [4.69, 9.17) is 9.47 Å². The van der Waals surface area contributed by atoms with Crippen LogP contribution in [-0.4, -0.2) is 51.2 Å². The Morgan fingerprint density at radius 3 is 2.41 bits per heavy atom. The van der Waals surface area contributed by atoms with Crippen molar-refractivity contribution in [2.24, 2.45) is 5.92 Å². The van der Waals surface area contributed by atoms with Crippen molar-refractivity contribution in [1.82, 2.24) is 4.31 Å². The second-order valence-corrected chi connectivity index (χ2v) is 10.6. The van der Waals surface area contributed by atoms with Crippen LogP contribution in [0.4, 0.5) is 5.69 Å². The second kappa shape index (κ2) is 8.94. The van der Waals surface area contributed by atoms with E-state index in [1.54, 1.807) is 35.7 Å². The molecule has 8 heteroatoms. The summed E-state index contributed by atoms with van der Waals surface area (Å²) >= 11 is 0. The third-order valence-electron chi connectivity index (χ3n) is 6.87. The number of fused-ring (bicyclic) bond motifs is 3. The molecule has 3 aromatic carbocycles. The third-order valence-corrected chi connectivity index (χ3v) is 8.75. The molecule has 0 unspecified atom stereocenters. The van der Waals surface area contributed by atoms with E-state index in [9.17, 15) is 13.5 Å². The average Bonchev–Trinajstić information content (AvgIpc) is 3.34. The first-order valence-corrected chi connectivity index (χ1v) is 12.7. The Kier molecular flexibility index (Phi) is 5.97. The molecule has 178 valence electrons. The number of ether oxygens (including phenoxy) is 2. The van der Waals surface area contributed by atoms with Crippen molar-refractivity contribution < 1.29 is 23.0 Å². The van der Waals surface area contributed by atoms with E-state index in [1.807, 2.05) is 36.4 Å². The molecule has 5 rings (SSSR count). The van der Waals surface area contributed by atoms with E-state index in [1.165, 1.54) is 7.11 Å². The van der Waals surface area contributed by atoms with Gasteiger partial charge in [0.15, 0.2) is 0 Å². The molecule has 0 aromatic heterocycles. The highest BCUT2D eigenvalue weighted by Gasteiger charge is 2.48. The molecule has 2 N–H and O–H groups in total. The molecule has 0 saturated carbocycles. The summed E-state index contributed by atoms with van der Waals surface area (Å²) in [7, 11) is -0.626. The number of anilines is 1. The van der Waals surface area contributed by atoms with Crippen LogP contribution in [0.25, 0.3) is 11.1 Å². The van der Waals surface area contributed by atoms with Gasteiger partial charge >= 0.3 is 0 Å². The smallest absolute Gasteiger partial charge is 0.243 e. The fourth-order valence-electron chi connectivity index (χ4n) is 5.17. The van der Waals surface area contributed by atoms with Gasteiger partial charge in [-0.05, 0) is 59.5 Å². The molecule has 1 fully saturated rings. The molecular weight excluding hydrogens is 452 g/mol. The van der Waals surface area contributed by atoms with E-state index in [2.05, 4.69) is 11.4 Å². The lowest BCUT2D eigenvalue weighted by Gasteiger charge is -2.39. The van der Waals surface area contributed by atoms with Gasteiger partial charge in [-0.1, -0.05) is 24.3 Å². The van der Waals surface area contributed by atoms with Crippen LogP contribution in [0.15, 0.2) is 71.6 Å². The molecule has 34 heavy (non-hydrogen) atoms. The highest BCUT2D eigenvalue weighted by atomic mass is 32.2. The maximum atomic E-state index is 13.8. The molecule has 7 nitrogen and oxygen atoms in total. The van der Waals surface area contributed by atoms with Crippen molar-refractivity contribution in [3.05, 3.63) is 72.3 Å². The Bertz CT molecular complexity index is 1310. The molecule has 3 atom stereocenters. The van der Waals surface area contributed by atoms with Gasteiger partial charge in [0.25, 0.3) is 0 Å². The normalized spacial score (nSPS) is 21.9. The van der Waals surface area contributed by atoms with Gasteiger partial charge in [-0.3, -0.25) is 0 Å². The first-order valence-electron chi connectivity index (χ1n) is 11.3. The zero-order chi connectivity index (χ0) is 23.9. The Morgan fingerprint density at radius 2 is 1.68 bits per heavy atom. The van der Waals surface area contributed by atoms with Gasteiger partial charge in [0.1, 0.15) is 11.5 Å². The van der Waals surface area contributed by atoms with E-state index < -0.39 is 10.0 Å². The lowest BCUT2D eigenvalue weighted by atomic mass is 9.82. The number of sulfonamides is 1. The van der Waals surface area contributed by atoms with Crippen LogP contribution in [0.1, 0.15) is 18.0 Å². The fourth-order valence-corrected chi connectivity index (χ4v) is 6.87. The summed E-state index contributed by atoms with van der Waals surface area (Å²) in [6.07, 6.45) is 0.662. The molecule has 2 aliphatic rings. The van der Waals surface area contributed by atoms with E-state index in [0.717, 1.165) is 28.1 Å². The van der Waals surface area contributed by atoms with E-state index in [-0.39, 0.29) is 29.5 Å². The van der Waals surface area contributed by atoms with Crippen LogP contribution in [-0.2, 0) is 10.0 Å². The number of rotatable bonds is 6. The number of aliphatic hydroxyl groups is 1. The van der Waals surface area contributed by atoms with Gasteiger partial charge in [-0.2, -0.15) is 4.31 Å². The summed E-state index contributed by atoms with van der Waals surface area (Å²) in [5.74, 6) is 1.21. The third kappa shape index (κ3) is 3.81. The van der Waals surface area contributed by atoms with Crippen LogP contribution in [0.2, 0.25) is 0 Å². The molecule has 0 radical (unpaired) electrons. The van der Waals surface area contributed by atoms with Gasteiger partial charge in [0, 0.05) is 24.2 Å². The molecule has 2 heterocycles. The lowest BCUT2D eigenvalue weighted by Crippen LogP contribution is -2.42. The average molecular weight is 481 g/mol. The van der Waals surface area contributed by atoms with Gasteiger partial charge in [-0.25, -0.2) is 8.42 Å². The standard InChI is InChI=1S/C26H28N2O5S/c1-32-19-6-3-5-17(13-19)18-9-10-24-23(14-18)26-22(25(16-29)27-24)11-12-28(26)34(30,31)21-8-4-7-20(15-21)33-2/h3-10,13-15,22,25-27,29H,11-12,16H2,1-2H3/t22-,25+,26-/m1/s1. The van der Waals surface area contributed by atoms with E-state index >= 15 is 0 Å². The molecular formula is C26H28N2O5S. The summed E-state index contributed by atoms with van der Waals surface area (Å²) < 4.78 is 39.8. The number of nitrogens with one attached hydrogen (secondary N) is 1. The first-order chi connectivity index (χ1) is 16.5.